The van der Waals surface area contributed by atoms with Crippen LogP contribution in [0.25, 0.3) is 0 Å². The lowest BCUT2D eigenvalue weighted by Gasteiger charge is -2.14. The average molecular weight is 332 g/mol. The Balaban J connectivity index is 2.04. The van der Waals surface area contributed by atoms with Crippen molar-refractivity contribution in [2.24, 2.45) is 0 Å². The third-order valence-corrected chi connectivity index (χ3v) is 3.66. The van der Waals surface area contributed by atoms with Gasteiger partial charge in [0.05, 0.1) is 0 Å². The van der Waals surface area contributed by atoms with Crippen molar-refractivity contribution in [2.45, 2.75) is 6.92 Å². The van der Waals surface area contributed by atoms with E-state index in [2.05, 4.69) is 10.6 Å². The Kier molecular flexibility index (Phi) is 5.24. The maximum atomic E-state index is 12.0. The fourth-order valence-electron chi connectivity index (χ4n) is 1.91. The molecule has 0 radical (unpaired) electrons. The summed E-state index contributed by atoms with van der Waals surface area (Å²) >= 11 is 6.00. The van der Waals surface area contributed by atoms with E-state index in [1.54, 1.807) is 30.3 Å². The highest BCUT2D eigenvalue weighted by molar-refractivity contribution is 6.43. The smallest absolute Gasteiger partial charge is 0.314 e. The Bertz CT molecular complexity index is 744. The number of halogens is 1. The van der Waals surface area contributed by atoms with Crippen molar-refractivity contribution < 1.29 is 9.59 Å². The Morgan fingerprint density at radius 1 is 0.957 bits per heavy atom. The minimum Gasteiger partial charge on any atom is -0.378 e. The molecule has 2 N–H and O–H groups in total. The molecule has 0 atom stereocenters. The molecule has 0 bridgehead atoms. The van der Waals surface area contributed by atoms with Gasteiger partial charge in [0.15, 0.2) is 0 Å². The second kappa shape index (κ2) is 7.15. The summed E-state index contributed by atoms with van der Waals surface area (Å²) in [5.41, 5.74) is 2.85. The number of benzene rings is 2. The van der Waals surface area contributed by atoms with Crippen LogP contribution < -0.4 is 15.5 Å². The highest BCUT2D eigenvalue weighted by Gasteiger charge is 2.14. The van der Waals surface area contributed by atoms with Gasteiger partial charge in [0.25, 0.3) is 0 Å². The van der Waals surface area contributed by atoms with Crippen LogP contribution in [0.5, 0.6) is 0 Å². The fourth-order valence-corrected chi connectivity index (χ4v) is 2.09. The Labute approximate surface area is 140 Å². The summed E-state index contributed by atoms with van der Waals surface area (Å²) < 4.78 is 0. The van der Waals surface area contributed by atoms with Gasteiger partial charge in [-0.15, -0.1) is 0 Å². The summed E-state index contributed by atoms with van der Waals surface area (Å²) in [4.78, 5) is 25.8. The molecule has 0 aliphatic carbocycles. The van der Waals surface area contributed by atoms with Crippen molar-refractivity contribution in [1.29, 1.82) is 0 Å². The summed E-state index contributed by atoms with van der Waals surface area (Å²) in [6.45, 7) is 1.86. The lowest BCUT2D eigenvalue weighted by molar-refractivity contribution is -0.132. The van der Waals surface area contributed by atoms with Crippen LogP contribution in [-0.4, -0.2) is 25.9 Å². The minimum atomic E-state index is -0.750. The molecule has 2 aromatic rings. The quantitative estimate of drug-likeness (QED) is 0.848. The molecular weight excluding hydrogens is 314 g/mol. The first-order valence-electron chi connectivity index (χ1n) is 7.02. The van der Waals surface area contributed by atoms with Gasteiger partial charge in [-0.1, -0.05) is 23.7 Å². The zero-order valence-corrected chi connectivity index (χ0v) is 13.9. The predicted molar refractivity (Wildman–Crippen MR) is 94.2 cm³/mol. The number of hydrogen-bond donors (Lipinski definition) is 2. The topological polar surface area (TPSA) is 61.4 Å². The van der Waals surface area contributed by atoms with E-state index in [0.29, 0.717) is 16.4 Å². The summed E-state index contributed by atoms with van der Waals surface area (Å²) in [6, 6.07) is 12.3. The first-order chi connectivity index (χ1) is 10.9. The van der Waals surface area contributed by atoms with Crippen LogP contribution in [0.1, 0.15) is 5.56 Å². The SMILES string of the molecule is Cc1ccc(NC(=O)C(=O)Nc2cccc(N(C)C)c2)cc1Cl. The summed E-state index contributed by atoms with van der Waals surface area (Å²) in [5.74, 6) is -1.49. The molecule has 5 nitrogen and oxygen atoms in total. The molecule has 0 aliphatic rings. The summed E-state index contributed by atoms with van der Waals surface area (Å²) in [5, 5.41) is 5.62. The third kappa shape index (κ3) is 4.47. The van der Waals surface area contributed by atoms with Gasteiger partial charge >= 0.3 is 11.8 Å². The molecule has 23 heavy (non-hydrogen) atoms. The lowest BCUT2D eigenvalue weighted by atomic mass is 10.2. The molecule has 0 unspecified atom stereocenters. The van der Waals surface area contributed by atoms with E-state index in [-0.39, 0.29) is 0 Å². The summed E-state index contributed by atoms with van der Waals surface area (Å²) in [6.07, 6.45) is 0. The van der Waals surface area contributed by atoms with Gasteiger partial charge in [0, 0.05) is 36.2 Å². The van der Waals surface area contributed by atoms with Crippen LogP contribution in [0, 0.1) is 6.92 Å². The molecule has 2 amide bonds. The molecule has 6 heteroatoms. The molecular formula is C17H18ClN3O2. The van der Waals surface area contributed by atoms with Crippen LogP contribution in [0.15, 0.2) is 42.5 Å². The highest BCUT2D eigenvalue weighted by Crippen LogP contribution is 2.20. The molecule has 0 saturated carbocycles. The molecule has 0 spiro atoms. The number of rotatable bonds is 3. The Morgan fingerprint density at radius 3 is 2.13 bits per heavy atom. The normalized spacial score (nSPS) is 10.1. The number of anilines is 3. The van der Waals surface area contributed by atoms with E-state index >= 15 is 0 Å². The van der Waals surface area contributed by atoms with Crippen LogP contribution in [0.3, 0.4) is 0 Å². The van der Waals surface area contributed by atoms with E-state index < -0.39 is 11.8 Å². The number of nitrogens with one attached hydrogen (secondary N) is 2. The highest BCUT2D eigenvalue weighted by atomic mass is 35.5. The second-order valence-corrected chi connectivity index (χ2v) is 5.72. The number of carbonyl (C=O) groups excluding carboxylic acids is 2. The van der Waals surface area contributed by atoms with Crippen molar-refractivity contribution >= 4 is 40.5 Å². The zero-order chi connectivity index (χ0) is 17.0. The number of aryl methyl sites for hydroxylation is 1. The van der Waals surface area contributed by atoms with Crippen molar-refractivity contribution in [3.63, 3.8) is 0 Å². The van der Waals surface area contributed by atoms with Gasteiger partial charge in [-0.2, -0.15) is 0 Å². The number of hydrogen-bond acceptors (Lipinski definition) is 3. The predicted octanol–water partition coefficient (Wildman–Crippen LogP) is 3.29. The summed E-state index contributed by atoms with van der Waals surface area (Å²) in [7, 11) is 3.80. The molecule has 0 aromatic heterocycles. The maximum absolute atomic E-state index is 12.0. The number of carbonyl (C=O) groups is 2. The maximum Gasteiger partial charge on any atom is 0.314 e. The van der Waals surface area contributed by atoms with Crippen molar-refractivity contribution in [2.75, 3.05) is 29.6 Å². The van der Waals surface area contributed by atoms with Gasteiger partial charge in [-0.05, 0) is 42.8 Å². The van der Waals surface area contributed by atoms with Crippen LogP contribution in [0.4, 0.5) is 17.1 Å². The van der Waals surface area contributed by atoms with Crippen LogP contribution in [0.2, 0.25) is 5.02 Å². The molecule has 0 fully saturated rings. The molecule has 0 aliphatic heterocycles. The number of nitrogens with zero attached hydrogens (tertiary/aromatic N) is 1. The van der Waals surface area contributed by atoms with E-state index in [1.165, 1.54) is 0 Å². The first-order valence-corrected chi connectivity index (χ1v) is 7.40. The fraction of sp³-hybridized carbons (Fsp3) is 0.176. The van der Waals surface area contributed by atoms with E-state index in [0.717, 1.165) is 11.3 Å². The largest absolute Gasteiger partial charge is 0.378 e. The Morgan fingerprint density at radius 2 is 1.57 bits per heavy atom. The minimum absolute atomic E-state index is 0.475. The van der Waals surface area contributed by atoms with Crippen molar-refractivity contribution in [3.05, 3.63) is 53.1 Å². The standard InChI is InChI=1S/C17H18ClN3O2/c1-11-7-8-13(10-15(11)18)20-17(23)16(22)19-12-5-4-6-14(9-12)21(2)3/h4-10H,1-3H3,(H,19,22)(H,20,23). The molecule has 120 valence electrons. The molecule has 0 saturated heterocycles. The Hall–Kier alpha value is -2.53. The molecule has 0 heterocycles. The monoisotopic (exact) mass is 331 g/mol. The van der Waals surface area contributed by atoms with Gasteiger partial charge in [0.2, 0.25) is 0 Å². The zero-order valence-electron chi connectivity index (χ0n) is 13.2. The van der Waals surface area contributed by atoms with E-state index in [9.17, 15) is 9.59 Å². The van der Waals surface area contributed by atoms with Gasteiger partial charge in [-0.3, -0.25) is 9.59 Å². The molecule has 2 rings (SSSR count). The second-order valence-electron chi connectivity index (χ2n) is 5.32. The lowest BCUT2D eigenvalue weighted by Crippen LogP contribution is -2.29. The van der Waals surface area contributed by atoms with Crippen molar-refractivity contribution in [1.82, 2.24) is 0 Å². The number of amides is 2. The third-order valence-electron chi connectivity index (χ3n) is 3.26. The van der Waals surface area contributed by atoms with Crippen molar-refractivity contribution in [3.8, 4) is 0 Å². The van der Waals surface area contributed by atoms with Gasteiger partial charge in [0.1, 0.15) is 0 Å². The van der Waals surface area contributed by atoms with E-state index in [1.807, 2.05) is 38.1 Å². The van der Waals surface area contributed by atoms with Crippen LogP contribution in [-0.2, 0) is 9.59 Å². The van der Waals surface area contributed by atoms with Gasteiger partial charge in [-0.25, -0.2) is 0 Å². The average Bonchev–Trinajstić information content (AvgIpc) is 2.51. The first kappa shape index (κ1) is 16.8. The van der Waals surface area contributed by atoms with E-state index in [4.69, 9.17) is 11.6 Å². The molecule has 2 aromatic carbocycles. The van der Waals surface area contributed by atoms with Gasteiger partial charge < -0.3 is 15.5 Å². The van der Waals surface area contributed by atoms with Crippen LogP contribution >= 0.6 is 11.6 Å².